The molecule has 0 aromatic rings. The van der Waals surface area contributed by atoms with Gasteiger partial charge in [-0.3, -0.25) is 24.0 Å². The number of hydrogen-bond acceptors (Lipinski definition) is 6. The van der Waals surface area contributed by atoms with Crippen molar-refractivity contribution < 1.29 is 33.8 Å². The molecule has 11 heteroatoms. The van der Waals surface area contributed by atoms with Gasteiger partial charge in [-0.25, -0.2) is 0 Å². The van der Waals surface area contributed by atoms with Gasteiger partial charge in [-0.15, -0.1) is 0 Å². The average molecular weight is 374 g/mol. The summed E-state index contributed by atoms with van der Waals surface area (Å²) in [5.74, 6) is -3.80. The monoisotopic (exact) mass is 374 g/mol. The van der Waals surface area contributed by atoms with Crippen LogP contribution in [0.1, 0.15) is 19.8 Å². The van der Waals surface area contributed by atoms with Crippen LogP contribution in [0.25, 0.3) is 0 Å². The van der Waals surface area contributed by atoms with Gasteiger partial charge in [-0.2, -0.15) is 0 Å². The van der Waals surface area contributed by atoms with E-state index in [1.165, 1.54) is 7.11 Å². The van der Waals surface area contributed by atoms with Gasteiger partial charge in [0.05, 0.1) is 25.6 Å². The number of methoxy groups -OCH3 is 1. The van der Waals surface area contributed by atoms with Crippen molar-refractivity contribution in [2.45, 2.75) is 19.8 Å². The number of amides is 4. The largest absolute Gasteiger partial charge is 0.481 e. The Kier molecular flexibility index (Phi) is 12.2. The molecule has 0 fully saturated rings. The number of carboxylic acids is 1. The van der Waals surface area contributed by atoms with Crippen molar-refractivity contribution in [3.05, 3.63) is 0 Å². The van der Waals surface area contributed by atoms with Crippen LogP contribution in [0.15, 0.2) is 0 Å². The number of carbonyl (C=O) groups is 5. The van der Waals surface area contributed by atoms with Gasteiger partial charge in [0.1, 0.15) is 0 Å². The molecule has 0 aromatic carbocycles. The third-order valence-corrected chi connectivity index (χ3v) is 3.22. The lowest BCUT2D eigenvalue weighted by molar-refractivity contribution is -0.142. The van der Waals surface area contributed by atoms with Gasteiger partial charge in [-0.05, 0) is 6.42 Å². The Bertz CT molecular complexity index is 510. The fourth-order valence-electron chi connectivity index (χ4n) is 1.66. The zero-order valence-corrected chi connectivity index (χ0v) is 14.9. The molecule has 0 aliphatic carbocycles. The van der Waals surface area contributed by atoms with E-state index in [9.17, 15) is 24.0 Å². The minimum Gasteiger partial charge on any atom is -0.481 e. The standard InChI is InChI=1S/C15H26N4O7/c1-3-11(20)17-7-13(22)19-9-14(23)18-8-12(21)16-6-10(15(24)25)4-5-26-2/h10H,3-9H2,1-2H3,(H,16,21)(H,17,20)(H,18,23)(H,19,22)(H,24,25). The molecule has 1 unspecified atom stereocenters. The van der Waals surface area contributed by atoms with Gasteiger partial charge in [0.15, 0.2) is 0 Å². The molecular formula is C15H26N4O7. The first-order valence-corrected chi connectivity index (χ1v) is 8.08. The number of carboxylic acid groups (broad SMARTS) is 1. The molecule has 0 aliphatic rings. The van der Waals surface area contributed by atoms with Gasteiger partial charge in [-0.1, -0.05) is 6.92 Å². The fraction of sp³-hybridized carbons (Fsp3) is 0.667. The van der Waals surface area contributed by atoms with Gasteiger partial charge >= 0.3 is 5.97 Å². The zero-order valence-electron chi connectivity index (χ0n) is 14.9. The van der Waals surface area contributed by atoms with Crippen LogP contribution in [-0.4, -0.2) is 74.6 Å². The van der Waals surface area contributed by atoms with E-state index in [-0.39, 0.29) is 51.5 Å². The molecule has 0 aromatic heterocycles. The predicted molar refractivity (Wildman–Crippen MR) is 89.9 cm³/mol. The fourth-order valence-corrected chi connectivity index (χ4v) is 1.66. The lowest BCUT2D eigenvalue weighted by Gasteiger charge is -2.13. The molecule has 0 saturated carbocycles. The Balaban J connectivity index is 3.96. The SMILES string of the molecule is CCC(=O)NCC(=O)NCC(=O)NCC(=O)NCC(CCOC)C(=O)O. The number of carbonyl (C=O) groups excluding carboxylic acids is 4. The van der Waals surface area contributed by atoms with E-state index < -0.39 is 29.6 Å². The van der Waals surface area contributed by atoms with Crippen molar-refractivity contribution in [1.29, 1.82) is 0 Å². The third kappa shape index (κ3) is 11.8. The van der Waals surface area contributed by atoms with Crippen molar-refractivity contribution >= 4 is 29.6 Å². The maximum atomic E-state index is 11.6. The normalized spacial score (nSPS) is 11.2. The van der Waals surface area contributed by atoms with E-state index in [1.807, 2.05) is 0 Å². The lowest BCUT2D eigenvalue weighted by atomic mass is 10.1. The average Bonchev–Trinajstić information content (AvgIpc) is 2.62. The van der Waals surface area contributed by atoms with Crippen LogP contribution in [0.2, 0.25) is 0 Å². The summed E-state index contributed by atoms with van der Waals surface area (Å²) in [6.07, 6.45) is 0.496. The summed E-state index contributed by atoms with van der Waals surface area (Å²) < 4.78 is 4.80. The van der Waals surface area contributed by atoms with Crippen LogP contribution >= 0.6 is 0 Å². The first kappa shape index (κ1) is 23.3. The van der Waals surface area contributed by atoms with E-state index in [0.717, 1.165) is 0 Å². The molecule has 0 spiro atoms. The molecule has 5 N–H and O–H groups in total. The smallest absolute Gasteiger partial charge is 0.308 e. The molecule has 0 saturated heterocycles. The van der Waals surface area contributed by atoms with Gasteiger partial charge < -0.3 is 31.1 Å². The van der Waals surface area contributed by atoms with Crippen LogP contribution in [0, 0.1) is 5.92 Å². The Morgan fingerprint density at radius 2 is 1.31 bits per heavy atom. The Labute approximate surface area is 151 Å². The topological polar surface area (TPSA) is 163 Å². The molecule has 11 nitrogen and oxygen atoms in total. The van der Waals surface area contributed by atoms with E-state index in [0.29, 0.717) is 0 Å². The molecule has 0 aliphatic heterocycles. The highest BCUT2D eigenvalue weighted by Crippen LogP contribution is 2.01. The third-order valence-electron chi connectivity index (χ3n) is 3.22. The Morgan fingerprint density at radius 3 is 1.73 bits per heavy atom. The highest BCUT2D eigenvalue weighted by molar-refractivity contribution is 5.90. The second-order valence-electron chi connectivity index (χ2n) is 5.30. The number of hydrogen-bond donors (Lipinski definition) is 5. The number of aliphatic carboxylic acids is 1. The van der Waals surface area contributed by atoms with Gasteiger partial charge in [0.2, 0.25) is 23.6 Å². The molecular weight excluding hydrogens is 348 g/mol. The van der Waals surface area contributed by atoms with Crippen molar-refractivity contribution in [2.75, 3.05) is 39.9 Å². The summed E-state index contributed by atoms with van der Waals surface area (Å²) in [5, 5.41) is 18.3. The minimum atomic E-state index is -1.05. The highest BCUT2D eigenvalue weighted by atomic mass is 16.5. The maximum absolute atomic E-state index is 11.6. The molecule has 4 amide bonds. The molecule has 148 valence electrons. The Morgan fingerprint density at radius 1 is 0.846 bits per heavy atom. The van der Waals surface area contributed by atoms with Gasteiger partial charge in [0.25, 0.3) is 0 Å². The van der Waals surface area contributed by atoms with Crippen molar-refractivity contribution in [3.63, 3.8) is 0 Å². The van der Waals surface area contributed by atoms with E-state index in [1.54, 1.807) is 6.92 Å². The molecule has 0 rings (SSSR count). The summed E-state index contributed by atoms with van der Waals surface area (Å²) in [7, 11) is 1.45. The molecule has 0 radical (unpaired) electrons. The van der Waals surface area contributed by atoms with Crippen molar-refractivity contribution in [1.82, 2.24) is 21.3 Å². The molecule has 1 atom stereocenters. The number of rotatable bonds is 13. The second-order valence-corrected chi connectivity index (χ2v) is 5.30. The van der Waals surface area contributed by atoms with Crippen molar-refractivity contribution in [3.8, 4) is 0 Å². The summed E-state index contributed by atoms with van der Waals surface area (Å²) in [5.41, 5.74) is 0. The van der Waals surface area contributed by atoms with E-state index in [4.69, 9.17) is 9.84 Å². The summed E-state index contributed by atoms with van der Waals surface area (Å²) in [4.78, 5) is 56.5. The zero-order chi connectivity index (χ0) is 19.9. The Hall–Kier alpha value is -2.69. The van der Waals surface area contributed by atoms with Crippen molar-refractivity contribution in [2.24, 2.45) is 5.92 Å². The summed E-state index contributed by atoms with van der Waals surface area (Å²) >= 11 is 0. The number of nitrogens with one attached hydrogen (secondary N) is 4. The summed E-state index contributed by atoms with van der Waals surface area (Å²) in [6, 6.07) is 0. The number of ether oxygens (including phenoxy) is 1. The first-order valence-electron chi connectivity index (χ1n) is 8.08. The predicted octanol–water partition coefficient (Wildman–Crippen LogP) is -2.40. The minimum absolute atomic E-state index is 0.0821. The molecule has 26 heavy (non-hydrogen) atoms. The van der Waals surface area contributed by atoms with E-state index >= 15 is 0 Å². The first-order chi connectivity index (χ1) is 12.3. The van der Waals surface area contributed by atoms with Crippen LogP contribution in [-0.2, 0) is 28.7 Å². The van der Waals surface area contributed by atoms with Crippen LogP contribution < -0.4 is 21.3 Å². The highest BCUT2D eigenvalue weighted by Gasteiger charge is 2.18. The van der Waals surface area contributed by atoms with Gasteiger partial charge in [0, 0.05) is 26.7 Å². The van der Waals surface area contributed by atoms with Crippen LogP contribution in [0.4, 0.5) is 0 Å². The van der Waals surface area contributed by atoms with E-state index in [2.05, 4.69) is 21.3 Å². The lowest BCUT2D eigenvalue weighted by Crippen LogP contribution is -2.45. The maximum Gasteiger partial charge on any atom is 0.308 e. The van der Waals surface area contributed by atoms with Crippen LogP contribution in [0.5, 0.6) is 0 Å². The summed E-state index contributed by atoms with van der Waals surface area (Å²) in [6.45, 7) is 0.876. The molecule has 0 heterocycles. The molecule has 0 bridgehead atoms. The second kappa shape index (κ2) is 13.6. The quantitative estimate of drug-likeness (QED) is 0.240. The van der Waals surface area contributed by atoms with Crippen LogP contribution in [0.3, 0.4) is 0 Å².